The van der Waals surface area contributed by atoms with Crippen LogP contribution in [0.4, 0.5) is 0 Å². The number of aromatic nitrogens is 2. The number of fused-ring (bicyclic) bond motifs is 1. The third kappa shape index (κ3) is 3.08. The van der Waals surface area contributed by atoms with Crippen molar-refractivity contribution in [2.75, 3.05) is 0 Å². The molecule has 2 N–H and O–H groups in total. The Morgan fingerprint density at radius 2 is 2.33 bits per heavy atom. The first-order valence-corrected chi connectivity index (χ1v) is 8.42. The maximum absolute atomic E-state index is 6.17. The Hall–Kier alpha value is -1.08. The number of thiazole rings is 1. The van der Waals surface area contributed by atoms with Gasteiger partial charge in [0.25, 0.3) is 0 Å². The lowest BCUT2D eigenvalue weighted by molar-refractivity contribution is 0.456. The summed E-state index contributed by atoms with van der Waals surface area (Å²) in [6.45, 7) is 1.96. The normalized spacial score (nSPS) is 12.8. The lowest BCUT2D eigenvalue weighted by atomic mass is 10.2. The smallest absolute Gasteiger partial charge is 0.242 e. The van der Waals surface area contributed by atoms with Gasteiger partial charge in [-0.25, -0.2) is 0 Å². The fourth-order valence-electron chi connectivity index (χ4n) is 2.04. The van der Waals surface area contributed by atoms with Crippen LogP contribution in [0.1, 0.15) is 12.6 Å². The summed E-state index contributed by atoms with van der Waals surface area (Å²) in [4.78, 5) is 5.40. The molecule has 21 heavy (non-hydrogen) atoms. The van der Waals surface area contributed by atoms with Crippen LogP contribution in [0.25, 0.3) is 4.96 Å². The predicted octanol–water partition coefficient (Wildman–Crippen LogP) is 4.49. The van der Waals surface area contributed by atoms with Crippen LogP contribution < -0.4 is 10.5 Å². The monoisotopic (exact) mass is 385 g/mol. The molecule has 110 valence electrons. The third-order valence-electron chi connectivity index (χ3n) is 2.94. The standard InChI is InChI=1S/C14H13BrClN3OS/c1-8(17)6-11-13(18-14-19(11)4-5-21-14)20-12-7-9(15)2-3-10(12)16/h2-5,7-8H,6,17H2,1H3. The fourth-order valence-corrected chi connectivity index (χ4v) is 3.27. The Morgan fingerprint density at radius 3 is 3.10 bits per heavy atom. The van der Waals surface area contributed by atoms with Gasteiger partial charge in [0.15, 0.2) is 4.96 Å². The number of imidazole rings is 1. The van der Waals surface area contributed by atoms with Crippen LogP contribution in [0.15, 0.2) is 34.2 Å². The van der Waals surface area contributed by atoms with Crippen LogP contribution in [0.3, 0.4) is 0 Å². The summed E-state index contributed by atoms with van der Waals surface area (Å²) in [6, 6.07) is 5.49. The van der Waals surface area contributed by atoms with Crippen molar-refractivity contribution in [2.24, 2.45) is 5.73 Å². The Labute approximate surface area is 139 Å². The van der Waals surface area contributed by atoms with Gasteiger partial charge in [0.05, 0.1) is 10.7 Å². The predicted molar refractivity (Wildman–Crippen MR) is 89.6 cm³/mol. The van der Waals surface area contributed by atoms with Gasteiger partial charge in [-0.3, -0.25) is 4.40 Å². The molecule has 0 spiro atoms. The van der Waals surface area contributed by atoms with Gasteiger partial charge in [-0.15, -0.1) is 11.3 Å². The minimum atomic E-state index is 0.0186. The van der Waals surface area contributed by atoms with E-state index in [0.29, 0.717) is 23.1 Å². The number of halogens is 2. The van der Waals surface area contributed by atoms with Crippen molar-refractivity contribution in [3.63, 3.8) is 0 Å². The van der Waals surface area contributed by atoms with Crippen molar-refractivity contribution in [1.29, 1.82) is 0 Å². The maximum Gasteiger partial charge on any atom is 0.242 e. The minimum Gasteiger partial charge on any atom is -0.436 e. The molecule has 2 aromatic heterocycles. The quantitative estimate of drug-likeness (QED) is 0.718. The van der Waals surface area contributed by atoms with Crippen LogP contribution >= 0.6 is 38.9 Å². The van der Waals surface area contributed by atoms with Gasteiger partial charge in [0.1, 0.15) is 5.75 Å². The molecule has 0 aliphatic heterocycles. The molecule has 0 saturated heterocycles. The lowest BCUT2D eigenvalue weighted by Crippen LogP contribution is -2.19. The summed E-state index contributed by atoms with van der Waals surface area (Å²) in [5.41, 5.74) is 6.89. The van der Waals surface area contributed by atoms with Gasteiger partial charge in [0, 0.05) is 28.5 Å². The molecule has 1 atom stereocenters. The average Bonchev–Trinajstić information content (AvgIpc) is 2.97. The number of rotatable bonds is 4. The molecule has 4 nitrogen and oxygen atoms in total. The second kappa shape index (κ2) is 5.96. The number of hydrogen-bond acceptors (Lipinski definition) is 4. The van der Waals surface area contributed by atoms with E-state index in [1.54, 1.807) is 17.4 Å². The molecule has 0 amide bonds. The lowest BCUT2D eigenvalue weighted by Gasteiger charge is -2.09. The Kier molecular flexibility index (Phi) is 4.21. The summed E-state index contributed by atoms with van der Waals surface area (Å²) < 4.78 is 8.83. The highest BCUT2D eigenvalue weighted by molar-refractivity contribution is 9.10. The van der Waals surface area contributed by atoms with Gasteiger partial charge in [-0.2, -0.15) is 4.98 Å². The van der Waals surface area contributed by atoms with E-state index < -0.39 is 0 Å². The van der Waals surface area contributed by atoms with Crippen molar-refractivity contribution in [2.45, 2.75) is 19.4 Å². The van der Waals surface area contributed by atoms with E-state index in [-0.39, 0.29) is 6.04 Å². The molecule has 0 aliphatic carbocycles. The third-order valence-corrected chi connectivity index (χ3v) is 4.50. The zero-order valence-electron chi connectivity index (χ0n) is 11.2. The molecule has 2 heterocycles. The molecule has 0 radical (unpaired) electrons. The molecule has 0 saturated carbocycles. The molecule has 1 aromatic carbocycles. The molecule has 7 heteroatoms. The second-order valence-electron chi connectivity index (χ2n) is 4.78. The molecule has 0 aliphatic rings. The van der Waals surface area contributed by atoms with Crippen molar-refractivity contribution >= 4 is 43.8 Å². The SMILES string of the molecule is CC(N)Cc1c(Oc2cc(Br)ccc2Cl)nc2sccn12. The van der Waals surface area contributed by atoms with Gasteiger partial charge in [0.2, 0.25) is 5.88 Å². The fraction of sp³-hybridized carbons (Fsp3) is 0.214. The van der Waals surface area contributed by atoms with Crippen molar-refractivity contribution in [3.05, 3.63) is 45.0 Å². The number of benzene rings is 1. The van der Waals surface area contributed by atoms with E-state index in [1.807, 2.05) is 35.0 Å². The number of nitrogens with zero attached hydrogens (tertiary/aromatic N) is 2. The van der Waals surface area contributed by atoms with E-state index in [0.717, 1.165) is 15.1 Å². The van der Waals surface area contributed by atoms with Gasteiger partial charge >= 0.3 is 0 Å². The molecule has 3 rings (SSSR count). The summed E-state index contributed by atoms with van der Waals surface area (Å²) in [5, 5.41) is 2.53. The van der Waals surface area contributed by atoms with Crippen LogP contribution in [0.2, 0.25) is 5.02 Å². The maximum atomic E-state index is 6.17. The summed E-state index contributed by atoms with van der Waals surface area (Å²) in [7, 11) is 0. The average molecular weight is 387 g/mol. The van der Waals surface area contributed by atoms with Crippen LogP contribution in [-0.2, 0) is 6.42 Å². The molecular formula is C14H13BrClN3OS. The van der Waals surface area contributed by atoms with Gasteiger partial charge in [-0.05, 0) is 25.1 Å². The van der Waals surface area contributed by atoms with E-state index in [2.05, 4.69) is 20.9 Å². The molecular weight excluding hydrogens is 374 g/mol. The summed E-state index contributed by atoms with van der Waals surface area (Å²) in [6.07, 6.45) is 2.65. The topological polar surface area (TPSA) is 52.5 Å². The van der Waals surface area contributed by atoms with Crippen molar-refractivity contribution in [3.8, 4) is 11.6 Å². The zero-order valence-corrected chi connectivity index (χ0v) is 14.4. The largest absolute Gasteiger partial charge is 0.436 e. The van der Waals surface area contributed by atoms with Crippen LogP contribution in [0.5, 0.6) is 11.6 Å². The molecule has 0 bridgehead atoms. The molecule has 0 fully saturated rings. The van der Waals surface area contributed by atoms with Crippen LogP contribution in [0, 0.1) is 0 Å². The van der Waals surface area contributed by atoms with E-state index in [9.17, 15) is 0 Å². The Morgan fingerprint density at radius 1 is 1.52 bits per heavy atom. The highest BCUT2D eigenvalue weighted by Gasteiger charge is 2.17. The van der Waals surface area contributed by atoms with Gasteiger partial charge < -0.3 is 10.5 Å². The second-order valence-corrected chi connectivity index (χ2v) is 6.97. The minimum absolute atomic E-state index is 0.0186. The Bertz CT molecular complexity index is 784. The van der Waals surface area contributed by atoms with Gasteiger partial charge in [-0.1, -0.05) is 27.5 Å². The number of ether oxygens (including phenoxy) is 1. The molecule has 1 unspecified atom stereocenters. The highest BCUT2D eigenvalue weighted by Crippen LogP contribution is 2.34. The van der Waals surface area contributed by atoms with E-state index >= 15 is 0 Å². The van der Waals surface area contributed by atoms with Crippen LogP contribution in [-0.4, -0.2) is 15.4 Å². The first-order valence-electron chi connectivity index (χ1n) is 6.37. The van der Waals surface area contributed by atoms with Crippen molar-refractivity contribution < 1.29 is 4.74 Å². The zero-order chi connectivity index (χ0) is 15.0. The summed E-state index contributed by atoms with van der Waals surface area (Å²) in [5.74, 6) is 1.13. The first-order chi connectivity index (χ1) is 10.0. The molecule has 3 aromatic rings. The number of nitrogens with two attached hydrogens (primary N) is 1. The first kappa shape index (κ1) is 14.8. The van der Waals surface area contributed by atoms with Crippen molar-refractivity contribution in [1.82, 2.24) is 9.38 Å². The number of hydrogen-bond donors (Lipinski definition) is 1. The highest BCUT2D eigenvalue weighted by atomic mass is 79.9. The summed E-state index contributed by atoms with van der Waals surface area (Å²) >= 11 is 11.1. The van der Waals surface area contributed by atoms with E-state index in [4.69, 9.17) is 22.1 Å². The Balaban J connectivity index is 2.03. The van der Waals surface area contributed by atoms with E-state index in [1.165, 1.54) is 0 Å².